The van der Waals surface area contributed by atoms with Crippen molar-refractivity contribution < 1.29 is 19.4 Å². The first-order valence-corrected chi connectivity index (χ1v) is 7.23. The molecule has 0 saturated heterocycles. The number of phenolic OH excluding ortho intramolecular Hbond substituents is 1. The largest absolute Gasteiger partial charge is 0.507 e. The Labute approximate surface area is 139 Å². The fourth-order valence-corrected chi connectivity index (χ4v) is 2.02. The van der Waals surface area contributed by atoms with Crippen molar-refractivity contribution >= 4 is 17.6 Å². The Balaban J connectivity index is 2.06. The number of carbonyl (C=O) groups excluding carboxylic acids is 2. The minimum Gasteiger partial charge on any atom is -0.507 e. The number of nitrogens with one attached hydrogen (secondary N) is 1. The number of esters is 1. The smallest absolute Gasteiger partial charge is 0.342 e. The van der Waals surface area contributed by atoms with Gasteiger partial charge in [-0.25, -0.2) is 4.79 Å². The van der Waals surface area contributed by atoms with Crippen molar-refractivity contribution in [2.75, 3.05) is 5.32 Å². The van der Waals surface area contributed by atoms with Gasteiger partial charge < -0.3 is 15.2 Å². The third-order valence-corrected chi connectivity index (χ3v) is 3.33. The molecule has 0 spiro atoms. The SMILES string of the molecule is Cc1ccc(C(=O)O[C@H](C)C(=O)Nc2ccccc2C#N)c(O)c1. The molecule has 0 fully saturated rings. The zero-order chi connectivity index (χ0) is 17.7. The van der Waals surface area contributed by atoms with Crippen LogP contribution in [0.25, 0.3) is 0 Å². The molecule has 6 heteroatoms. The van der Waals surface area contributed by atoms with Gasteiger partial charge in [0.05, 0.1) is 11.3 Å². The van der Waals surface area contributed by atoms with E-state index in [0.29, 0.717) is 11.3 Å². The van der Waals surface area contributed by atoms with Crippen LogP contribution in [0.15, 0.2) is 42.5 Å². The molecule has 0 bridgehead atoms. The number of nitriles is 1. The van der Waals surface area contributed by atoms with Crippen LogP contribution in [0.1, 0.15) is 28.4 Å². The number of anilines is 1. The summed E-state index contributed by atoms with van der Waals surface area (Å²) in [4.78, 5) is 24.2. The van der Waals surface area contributed by atoms with E-state index in [1.807, 2.05) is 6.07 Å². The van der Waals surface area contributed by atoms with Gasteiger partial charge in [0, 0.05) is 0 Å². The Kier molecular flexibility index (Phi) is 5.17. The number of nitrogens with zero attached hydrogens (tertiary/aromatic N) is 1. The summed E-state index contributed by atoms with van der Waals surface area (Å²) < 4.78 is 5.07. The Morgan fingerprint density at radius 2 is 1.96 bits per heavy atom. The van der Waals surface area contributed by atoms with Crippen LogP contribution in [-0.4, -0.2) is 23.1 Å². The van der Waals surface area contributed by atoms with Crippen molar-refractivity contribution in [3.05, 3.63) is 59.2 Å². The molecule has 24 heavy (non-hydrogen) atoms. The number of aryl methyl sites for hydroxylation is 1. The van der Waals surface area contributed by atoms with Crippen LogP contribution in [0.4, 0.5) is 5.69 Å². The molecule has 1 amide bonds. The van der Waals surface area contributed by atoms with E-state index in [1.54, 1.807) is 37.3 Å². The van der Waals surface area contributed by atoms with Gasteiger partial charge in [-0.05, 0) is 43.7 Å². The van der Waals surface area contributed by atoms with Crippen LogP contribution < -0.4 is 5.32 Å². The highest BCUT2D eigenvalue weighted by atomic mass is 16.5. The van der Waals surface area contributed by atoms with E-state index in [-0.39, 0.29) is 11.3 Å². The quantitative estimate of drug-likeness (QED) is 0.842. The monoisotopic (exact) mass is 324 g/mol. The second kappa shape index (κ2) is 7.29. The topological polar surface area (TPSA) is 99.4 Å². The first kappa shape index (κ1) is 17.0. The number of hydrogen-bond donors (Lipinski definition) is 2. The third kappa shape index (κ3) is 3.90. The molecule has 0 heterocycles. The van der Waals surface area contributed by atoms with E-state index in [0.717, 1.165) is 5.56 Å². The lowest BCUT2D eigenvalue weighted by Crippen LogP contribution is -2.30. The summed E-state index contributed by atoms with van der Waals surface area (Å²) in [6, 6.07) is 13.0. The summed E-state index contributed by atoms with van der Waals surface area (Å²) in [6.07, 6.45) is -1.09. The molecule has 6 nitrogen and oxygen atoms in total. The first-order valence-electron chi connectivity index (χ1n) is 7.23. The number of phenols is 1. The molecule has 2 N–H and O–H groups in total. The van der Waals surface area contributed by atoms with Gasteiger partial charge in [0.1, 0.15) is 17.4 Å². The number of amides is 1. The average molecular weight is 324 g/mol. The highest BCUT2D eigenvalue weighted by molar-refractivity contribution is 5.98. The summed E-state index contributed by atoms with van der Waals surface area (Å²) in [5.74, 6) is -1.58. The van der Waals surface area contributed by atoms with E-state index in [9.17, 15) is 14.7 Å². The molecule has 0 unspecified atom stereocenters. The average Bonchev–Trinajstić information content (AvgIpc) is 2.55. The van der Waals surface area contributed by atoms with Crippen LogP contribution in [0.5, 0.6) is 5.75 Å². The minimum absolute atomic E-state index is 0.0160. The predicted octanol–water partition coefficient (Wildman–Crippen LogP) is 2.76. The number of ether oxygens (including phenoxy) is 1. The fraction of sp³-hybridized carbons (Fsp3) is 0.167. The summed E-state index contributed by atoms with van der Waals surface area (Å²) in [7, 11) is 0. The zero-order valence-corrected chi connectivity index (χ0v) is 13.2. The lowest BCUT2D eigenvalue weighted by atomic mass is 10.1. The Bertz CT molecular complexity index is 824. The molecule has 0 aromatic heterocycles. The normalized spacial score (nSPS) is 11.2. The highest BCUT2D eigenvalue weighted by Gasteiger charge is 2.21. The van der Waals surface area contributed by atoms with E-state index in [1.165, 1.54) is 19.1 Å². The lowest BCUT2D eigenvalue weighted by molar-refractivity contribution is -0.123. The van der Waals surface area contributed by atoms with Crippen molar-refractivity contribution in [1.82, 2.24) is 0 Å². The van der Waals surface area contributed by atoms with Crippen LogP contribution in [-0.2, 0) is 9.53 Å². The number of carbonyl (C=O) groups is 2. The number of hydrogen-bond acceptors (Lipinski definition) is 5. The van der Waals surface area contributed by atoms with Gasteiger partial charge in [-0.1, -0.05) is 18.2 Å². The van der Waals surface area contributed by atoms with E-state index >= 15 is 0 Å². The van der Waals surface area contributed by atoms with Crippen molar-refractivity contribution in [2.45, 2.75) is 20.0 Å². The molecule has 2 rings (SSSR count). The molecule has 0 aliphatic rings. The van der Waals surface area contributed by atoms with Gasteiger partial charge in [0.15, 0.2) is 6.10 Å². The molecule has 0 aliphatic carbocycles. The van der Waals surface area contributed by atoms with E-state index in [4.69, 9.17) is 10.00 Å². The van der Waals surface area contributed by atoms with Gasteiger partial charge >= 0.3 is 5.97 Å². The molecule has 0 aliphatic heterocycles. The Hall–Kier alpha value is -3.33. The maximum absolute atomic E-state index is 12.1. The van der Waals surface area contributed by atoms with Gasteiger partial charge in [0.25, 0.3) is 5.91 Å². The lowest BCUT2D eigenvalue weighted by Gasteiger charge is -2.14. The molecule has 2 aromatic rings. The van der Waals surface area contributed by atoms with Gasteiger partial charge in [-0.2, -0.15) is 5.26 Å². The van der Waals surface area contributed by atoms with Crippen LogP contribution in [0.2, 0.25) is 0 Å². The molecule has 0 radical (unpaired) electrons. The van der Waals surface area contributed by atoms with Gasteiger partial charge in [-0.3, -0.25) is 4.79 Å². The predicted molar refractivity (Wildman–Crippen MR) is 87.5 cm³/mol. The van der Waals surface area contributed by atoms with Crippen molar-refractivity contribution in [3.8, 4) is 11.8 Å². The molecular formula is C18H16N2O4. The van der Waals surface area contributed by atoms with Crippen molar-refractivity contribution in [2.24, 2.45) is 0 Å². The maximum atomic E-state index is 12.1. The molecule has 2 aromatic carbocycles. The fourth-order valence-electron chi connectivity index (χ4n) is 2.02. The van der Waals surface area contributed by atoms with Crippen molar-refractivity contribution in [3.63, 3.8) is 0 Å². The van der Waals surface area contributed by atoms with E-state index in [2.05, 4.69) is 5.32 Å². The number of para-hydroxylation sites is 1. The zero-order valence-electron chi connectivity index (χ0n) is 13.2. The van der Waals surface area contributed by atoms with Gasteiger partial charge in [0.2, 0.25) is 0 Å². The number of benzene rings is 2. The number of rotatable bonds is 4. The van der Waals surface area contributed by atoms with Crippen LogP contribution in [0.3, 0.4) is 0 Å². The molecule has 0 saturated carbocycles. The number of aromatic hydroxyl groups is 1. The third-order valence-electron chi connectivity index (χ3n) is 3.33. The van der Waals surface area contributed by atoms with E-state index < -0.39 is 18.0 Å². The highest BCUT2D eigenvalue weighted by Crippen LogP contribution is 2.20. The minimum atomic E-state index is -1.09. The summed E-state index contributed by atoms with van der Waals surface area (Å²) in [6.45, 7) is 3.19. The van der Waals surface area contributed by atoms with Crippen LogP contribution in [0, 0.1) is 18.3 Å². The summed E-state index contributed by atoms with van der Waals surface area (Å²) >= 11 is 0. The van der Waals surface area contributed by atoms with Crippen LogP contribution >= 0.6 is 0 Å². The molecule has 1 atom stereocenters. The Morgan fingerprint density at radius 1 is 1.25 bits per heavy atom. The second-order valence-electron chi connectivity index (χ2n) is 5.21. The Morgan fingerprint density at radius 3 is 2.62 bits per heavy atom. The van der Waals surface area contributed by atoms with Crippen molar-refractivity contribution in [1.29, 1.82) is 5.26 Å². The van der Waals surface area contributed by atoms with Gasteiger partial charge in [-0.15, -0.1) is 0 Å². The first-order chi connectivity index (χ1) is 11.4. The summed E-state index contributed by atoms with van der Waals surface area (Å²) in [5.41, 5.74) is 1.42. The maximum Gasteiger partial charge on any atom is 0.342 e. The standard InChI is InChI=1S/C18H16N2O4/c1-11-7-8-14(16(21)9-11)18(23)24-12(2)17(22)20-15-6-4-3-5-13(15)10-19/h3-9,12,21H,1-2H3,(H,20,22)/t12-/m1/s1. The summed E-state index contributed by atoms with van der Waals surface area (Å²) in [5, 5.41) is 21.3. The molecule has 122 valence electrons. The second-order valence-corrected chi connectivity index (χ2v) is 5.21. The molecular weight excluding hydrogens is 308 g/mol.